The van der Waals surface area contributed by atoms with E-state index in [0.717, 1.165) is 61.8 Å². The summed E-state index contributed by atoms with van der Waals surface area (Å²) in [5, 5.41) is 3.07. The van der Waals surface area contributed by atoms with Crippen molar-refractivity contribution in [3.05, 3.63) is 36.7 Å². The van der Waals surface area contributed by atoms with Crippen LogP contribution < -0.4 is 10.2 Å². The normalized spacial score (nSPS) is 18.0. The molecule has 1 saturated carbocycles. The van der Waals surface area contributed by atoms with Gasteiger partial charge in [0.2, 0.25) is 5.91 Å². The first kappa shape index (κ1) is 23.5. The van der Waals surface area contributed by atoms with Crippen molar-refractivity contribution in [2.24, 2.45) is 5.92 Å². The second-order valence-corrected chi connectivity index (χ2v) is 8.78. The number of amides is 1. The fraction of sp³-hybridized carbons (Fsp3) is 0.542. The highest BCUT2D eigenvalue weighted by Crippen LogP contribution is 2.26. The van der Waals surface area contributed by atoms with Crippen molar-refractivity contribution >= 4 is 29.8 Å². The minimum Gasteiger partial charge on any atom is -0.353 e. The highest BCUT2D eigenvalue weighted by Gasteiger charge is 2.21. The van der Waals surface area contributed by atoms with Crippen LogP contribution in [0.5, 0.6) is 0 Å². The third-order valence-corrected chi connectivity index (χ3v) is 6.43. The molecule has 2 aliphatic rings. The number of anilines is 2. The number of carbonyl (C=O) groups is 1. The van der Waals surface area contributed by atoms with Gasteiger partial charge in [-0.2, -0.15) is 0 Å². The maximum atomic E-state index is 12.4. The van der Waals surface area contributed by atoms with E-state index < -0.39 is 0 Å². The van der Waals surface area contributed by atoms with E-state index in [1.165, 1.54) is 19.3 Å². The van der Waals surface area contributed by atoms with E-state index in [4.69, 9.17) is 0 Å². The number of carbonyl (C=O) groups excluding carboxylic acids is 1. The van der Waals surface area contributed by atoms with Crippen LogP contribution in [0.4, 0.5) is 11.5 Å². The monoisotopic (exact) mass is 443 g/mol. The number of benzene rings is 1. The molecule has 0 spiro atoms. The van der Waals surface area contributed by atoms with Gasteiger partial charge >= 0.3 is 0 Å². The lowest BCUT2D eigenvalue weighted by molar-refractivity contribution is -0.120. The molecule has 168 valence electrons. The van der Waals surface area contributed by atoms with Gasteiger partial charge in [0.15, 0.2) is 0 Å². The summed E-state index contributed by atoms with van der Waals surface area (Å²) in [6.45, 7) is 8.60. The molecule has 2 fully saturated rings. The molecule has 2 aromatic rings. The van der Waals surface area contributed by atoms with Crippen molar-refractivity contribution in [1.82, 2.24) is 14.9 Å². The Bertz CT molecular complexity index is 826. The second kappa shape index (κ2) is 10.9. The molecule has 1 aliphatic carbocycles. The number of rotatable bonds is 5. The zero-order valence-electron chi connectivity index (χ0n) is 18.6. The molecule has 0 unspecified atom stereocenters. The van der Waals surface area contributed by atoms with Crippen LogP contribution in [-0.2, 0) is 4.79 Å². The van der Waals surface area contributed by atoms with Crippen LogP contribution in [0.15, 0.2) is 36.7 Å². The Balaban J connectivity index is 0.00000272. The van der Waals surface area contributed by atoms with Gasteiger partial charge < -0.3 is 10.2 Å². The quantitative estimate of drug-likeness (QED) is 0.730. The van der Waals surface area contributed by atoms with Crippen LogP contribution in [-0.4, -0.2) is 53.0 Å². The van der Waals surface area contributed by atoms with Gasteiger partial charge in [0, 0.05) is 49.4 Å². The van der Waals surface area contributed by atoms with Gasteiger partial charge in [-0.3, -0.25) is 14.7 Å². The Morgan fingerprint density at radius 3 is 2.23 bits per heavy atom. The van der Waals surface area contributed by atoms with E-state index in [1.807, 2.05) is 36.7 Å². The third kappa shape index (κ3) is 5.95. The number of halogens is 1. The Kier molecular flexibility index (Phi) is 8.27. The molecule has 2 heterocycles. The lowest BCUT2D eigenvalue weighted by atomic mass is 9.88. The smallest absolute Gasteiger partial charge is 0.227 e. The summed E-state index contributed by atoms with van der Waals surface area (Å²) in [5.74, 6) is 1.27. The number of nitrogens with one attached hydrogen (secondary N) is 1. The lowest BCUT2D eigenvalue weighted by Gasteiger charge is -2.37. The average molecular weight is 444 g/mol. The zero-order chi connectivity index (χ0) is 20.9. The summed E-state index contributed by atoms with van der Waals surface area (Å²) < 4.78 is 0. The van der Waals surface area contributed by atoms with E-state index in [-0.39, 0.29) is 24.2 Å². The fourth-order valence-electron chi connectivity index (χ4n) is 4.43. The number of hydrogen-bond acceptors (Lipinski definition) is 5. The topological polar surface area (TPSA) is 61.4 Å². The van der Waals surface area contributed by atoms with Crippen molar-refractivity contribution in [2.75, 3.05) is 36.4 Å². The first-order valence-electron chi connectivity index (χ1n) is 11.3. The van der Waals surface area contributed by atoms with Crippen molar-refractivity contribution in [2.45, 2.75) is 52.0 Å². The molecule has 7 heteroatoms. The molecule has 0 radical (unpaired) electrons. The number of piperazine rings is 1. The molecule has 1 aliphatic heterocycles. The molecule has 1 N–H and O–H groups in total. The van der Waals surface area contributed by atoms with Gasteiger partial charge in [-0.25, -0.2) is 4.98 Å². The van der Waals surface area contributed by atoms with Crippen LogP contribution >= 0.6 is 12.4 Å². The SMILES string of the molecule is CC(C)N1CCN(c2cnc(-c3ccc(NC(=O)C4CCCCC4)cc3)cn2)CC1.Cl. The zero-order valence-corrected chi connectivity index (χ0v) is 19.4. The second-order valence-electron chi connectivity index (χ2n) is 8.78. The predicted molar refractivity (Wildman–Crippen MR) is 129 cm³/mol. The number of aromatic nitrogens is 2. The van der Waals surface area contributed by atoms with Crippen LogP contribution in [0.2, 0.25) is 0 Å². The van der Waals surface area contributed by atoms with Gasteiger partial charge in [0.25, 0.3) is 0 Å². The van der Waals surface area contributed by atoms with Gasteiger partial charge in [-0.15, -0.1) is 12.4 Å². The Morgan fingerprint density at radius 1 is 0.968 bits per heavy atom. The molecule has 1 aromatic carbocycles. The van der Waals surface area contributed by atoms with E-state index in [9.17, 15) is 4.79 Å². The summed E-state index contributed by atoms with van der Waals surface area (Å²) in [7, 11) is 0. The maximum Gasteiger partial charge on any atom is 0.227 e. The van der Waals surface area contributed by atoms with Crippen molar-refractivity contribution in [1.29, 1.82) is 0 Å². The Morgan fingerprint density at radius 2 is 1.65 bits per heavy atom. The molecular formula is C24H34ClN5O. The summed E-state index contributed by atoms with van der Waals surface area (Å²) >= 11 is 0. The molecule has 0 atom stereocenters. The van der Waals surface area contributed by atoms with Crippen LogP contribution in [0.3, 0.4) is 0 Å². The van der Waals surface area contributed by atoms with Gasteiger partial charge in [-0.1, -0.05) is 31.4 Å². The van der Waals surface area contributed by atoms with Crippen LogP contribution in [0.25, 0.3) is 11.3 Å². The van der Waals surface area contributed by atoms with Crippen LogP contribution in [0, 0.1) is 5.92 Å². The van der Waals surface area contributed by atoms with Crippen LogP contribution in [0.1, 0.15) is 46.0 Å². The Labute approximate surface area is 191 Å². The van der Waals surface area contributed by atoms with Crippen molar-refractivity contribution in [3.8, 4) is 11.3 Å². The summed E-state index contributed by atoms with van der Waals surface area (Å²) in [6, 6.07) is 8.51. The van der Waals surface area contributed by atoms with E-state index in [0.29, 0.717) is 6.04 Å². The minimum absolute atomic E-state index is 0. The van der Waals surface area contributed by atoms with E-state index in [2.05, 4.69) is 38.9 Å². The van der Waals surface area contributed by atoms with Gasteiger partial charge in [0.1, 0.15) is 5.82 Å². The minimum atomic E-state index is 0. The molecular weight excluding hydrogens is 410 g/mol. The molecule has 0 bridgehead atoms. The molecule has 1 amide bonds. The maximum absolute atomic E-state index is 12.4. The molecule has 1 aromatic heterocycles. The number of hydrogen-bond donors (Lipinski definition) is 1. The van der Waals surface area contributed by atoms with E-state index in [1.54, 1.807) is 0 Å². The van der Waals surface area contributed by atoms with Crippen molar-refractivity contribution < 1.29 is 4.79 Å². The first-order valence-corrected chi connectivity index (χ1v) is 11.3. The first-order chi connectivity index (χ1) is 14.6. The molecule has 1 saturated heterocycles. The van der Waals surface area contributed by atoms with Gasteiger partial charge in [0.05, 0.1) is 18.1 Å². The molecule has 31 heavy (non-hydrogen) atoms. The standard InChI is InChI=1S/C24H33N5O.ClH/c1-18(2)28-12-14-29(15-13-28)23-17-25-22(16-26-23)19-8-10-21(11-9-19)27-24(30)20-6-4-3-5-7-20;/h8-11,16-18,20H,3-7,12-15H2,1-2H3,(H,27,30);1H. The fourth-order valence-corrected chi connectivity index (χ4v) is 4.43. The third-order valence-electron chi connectivity index (χ3n) is 6.43. The number of nitrogens with zero attached hydrogens (tertiary/aromatic N) is 4. The van der Waals surface area contributed by atoms with E-state index >= 15 is 0 Å². The summed E-state index contributed by atoms with van der Waals surface area (Å²) in [4.78, 5) is 26.5. The largest absolute Gasteiger partial charge is 0.353 e. The molecule has 4 rings (SSSR count). The predicted octanol–water partition coefficient (Wildman–Crippen LogP) is 4.61. The molecule has 6 nitrogen and oxygen atoms in total. The highest BCUT2D eigenvalue weighted by atomic mass is 35.5. The summed E-state index contributed by atoms with van der Waals surface area (Å²) in [6.07, 6.45) is 9.33. The average Bonchev–Trinajstić information content (AvgIpc) is 2.80. The lowest BCUT2D eigenvalue weighted by Crippen LogP contribution is -2.49. The highest BCUT2D eigenvalue weighted by molar-refractivity contribution is 5.92. The summed E-state index contributed by atoms with van der Waals surface area (Å²) in [5.41, 5.74) is 2.71. The van der Waals surface area contributed by atoms with Gasteiger partial charge in [-0.05, 0) is 38.8 Å². The van der Waals surface area contributed by atoms with Crippen molar-refractivity contribution in [3.63, 3.8) is 0 Å². The Hall–Kier alpha value is -2.18.